The van der Waals surface area contributed by atoms with Gasteiger partial charge in [0.25, 0.3) is 17.1 Å². The fraction of sp³-hybridized carbons (Fsp3) is 0. The molecule has 4 rings (SSSR count). The predicted molar refractivity (Wildman–Crippen MR) is 117 cm³/mol. The second-order valence-electron chi connectivity index (χ2n) is 7.01. The molecule has 174 valence electrons. The van der Waals surface area contributed by atoms with Crippen molar-refractivity contribution in [1.82, 2.24) is 0 Å². The molecule has 0 aromatic heterocycles. The topological polar surface area (TPSA) is 228 Å². The van der Waals surface area contributed by atoms with E-state index in [1.54, 1.807) is 0 Å². The Balaban J connectivity index is 2.18. The second kappa shape index (κ2) is 8.03. The van der Waals surface area contributed by atoms with Crippen LogP contribution in [0.3, 0.4) is 0 Å². The molecule has 0 fully saturated rings. The third-order valence-electron chi connectivity index (χ3n) is 5.11. The molecule has 0 saturated heterocycles. The third-order valence-corrected chi connectivity index (χ3v) is 5.11. The normalized spacial score (nSPS) is 12.6. The highest BCUT2D eigenvalue weighted by molar-refractivity contribution is 6.27. The monoisotopic (exact) mass is 480 g/mol. The number of fused-ring (bicyclic) bond motifs is 3. The average molecular weight is 480 g/mol. The highest BCUT2D eigenvalue weighted by Crippen LogP contribution is 2.47. The maximum Gasteiger partial charge on any atom is 0.301 e. The van der Waals surface area contributed by atoms with Gasteiger partial charge in [-0.15, -0.1) is 0 Å². The van der Waals surface area contributed by atoms with Gasteiger partial charge in [-0.1, -0.05) is 0 Å². The first-order chi connectivity index (χ1) is 16.5. The van der Waals surface area contributed by atoms with Crippen LogP contribution in [-0.4, -0.2) is 30.3 Å². The van der Waals surface area contributed by atoms with Crippen LogP contribution in [0.4, 0.5) is 34.1 Å². The van der Waals surface area contributed by atoms with Gasteiger partial charge in [0.1, 0.15) is 0 Å². The zero-order chi connectivity index (χ0) is 25.6. The summed E-state index contributed by atoms with van der Waals surface area (Å²) in [5, 5.41) is 57.6. The van der Waals surface area contributed by atoms with Gasteiger partial charge in [0.15, 0.2) is 0 Å². The van der Waals surface area contributed by atoms with Crippen molar-refractivity contribution >= 4 is 39.8 Å². The van der Waals surface area contributed by atoms with Crippen molar-refractivity contribution in [3.63, 3.8) is 0 Å². The summed E-state index contributed by atoms with van der Waals surface area (Å²) in [6.45, 7) is 0. The molecule has 3 aromatic carbocycles. The number of nitro benzene ring substituents is 5. The number of nitrogens with zero attached hydrogens (tertiary/aromatic N) is 6. The van der Waals surface area contributed by atoms with E-state index in [1.807, 2.05) is 0 Å². The summed E-state index contributed by atoms with van der Waals surface area (Å²) in [6.07, 6.45) is 0. The molecular formula is C19H8N6O10. The van der Waals surface area contributed by atoms with Gasteiger partial charge < -0.3 is 0 Å². The lowest BCUT2D eigenvalue weighted by atomic mass is 10.0. The summed E-state index contributed by atoms with van der Waals surface area (Å²) in [6, 6.07) is 7.72. The van der Waals surface area contributed by atoms with Gasteiger partial charge in [-0.3, -0.25) is 50.6 Å². The van der Waals surface area contributed by atoms with Crippen LogP contribution >= 0.6 is 0 Å². The Hall–Kier alpha value is -5.67. The summed E-state index contributed by atoms with van der Waals surface area (Å²) in [7, 11) is 0. The van der Waals surface area contributed by atoms with Crippen LogP contribution in [0.2, 0.25) is 0 Å². The van der Waals surface area contributed by atoms with Crippen molar-refractivity contribution in [2.75, 3.05) is 0 Å². The highest BCUT2D eigenvalue weighted by Gasteiger charge is 2.37. The summed E-state index contributed by atoms with van der Waals surface area (Å²) in [5.41, 5.74) is -5.09. The Kier molecular flexibility index (Phi) is 5.17. The average Bonchev–Trinajstić information content (AvgIpc) is 3.10. The van der Waals surface area contributed by atoms with Crippen molar-refractivity contribution < 1.29 is 24.6 Å². The van der Waals surface area contributed by atoms with Gasteiger partial charge in [-0.25, -0.2) is 4.99 Å². The molecule has 0 spiro atoms. The zero-order valence-corrected chi connectivity index (χ0v) is 16.9. The molecular weight excluding hydrogens is 472 g/mol. The predicted octanol–water partition coefficient (Wildman–Crippen LogP) is 4.38. The molecule has 35 heavy (non-hydrogen) atoms. The molecule has 0 unspecified atom stereocenters. The zero-order valence-electron chi connectivity index (χ0n) is 16.9. The third kappa shape index (κ3) is 3.65. The van der Waals surface area contributed by atoms with Crippen LogP contribution in [0.25, 0.3) is 11.1 Å². The van der Waals surface area contributed by atoms with Crippen molar-refractivity contribution in [1.29, 1.82) is 0 Å². The van der Waals surface area contributed by atoms with Gasteiger partial charge in [0.2, 0.25) is 5.69 Å². The Bertz CT molecular complexity index is 1520. The smallest absolute Gasteiger partial charge is 0.258 e. The van der Waals surface area contributed by atoms with E-state index < -0.39 is 58.7 Å². The molecule has 3 aromatic rings. The van der Waals surface area contributed by atoms with Gasteiger partial charge in [-0.05, 0) is 17.7 Å². The molecule has 16 nitrogen and oxygen atoms in total. The largest absolute Gasteiger partial charge is 0.301 e. The number of aliphatic imine (C=N–C) groups is 1. The second-order valence-corrected chi connectivity index (χ2v) is 7.01. The van der Waals surface area contributed by atoms with Crippen LogP contribution in [0, 0.1) is 50.6 Å². The lowest BCUT2D eigenvalue weighted by Gasteiger charge is -2.04. The van der Waals surface area contributed by atoms with Crippen molar-refractivity contribution in [3.8, 4) is 11.1 Å². The molecule has 0 radical (unpaired) electrons. The summed E-state index contributed by atoms with van der Waals surface area (Å²) < 4.78 is 0. The lowest BCUT2D eigenvalue weighted by Crippen LogP contribution is -2.03. The van der Waals surface area contributed by atoms with E-state index in [-0.39, 0.29) is 28.0 Å². The summed E-state index contributed by atoms with van der Waals surface area (Å²) in [5.74, 6) is 0. The minimum absolute atomic E-state index is 0.0344. The molecule has 0 saturated carbocycles. The molecule has 1 aliphatic rings. The van der Waals surface area contributed by atoms with E-state index >= 15 is 0 Å². The lowest BCUT2D eigenvalue weighted by molar-refractivity contribution is -0.393. The van der Waals surface area contributed by atoms with Gasteiger partial charge >= 0.3 is 11.4 Å². The minimum atomic E-state index is -0.938. The maximum atomic E-state index is 11.7. The Morgan fingerprint density at radius 1 is 0.543 bits per heavy atom. The van der Waals surface area contributed by atoms with Gasteiger partial charge in [0.05, 0.1) is 42.0 Å². The molecule has 0 atom stereocenters. The summed E-state index contributed by atoms with van der Waals surface area (Å²) >= 11 is 0. The molecule has 0 N–H and O–H groups in total. The first-order valence-electron chi connectivity index (χ1n) is 9.28. The molecule has 16 heteroatoms. The minimum Gasteiger partial charge on any atom is -0.258 e. The Morgan fingerprint density at radius 2 is 1.09 bits per heavy atom. The molecule has 0 bridgehead atoms. The van der Waals surface area contributed by atoms with Crippen LogP contribution in [0.5, 0.6) is 0 Å². The standard InChI is InChI=1S/C19H8N6O10/c26-21(27)9-4-5-11-12(6-9)18(13-7-10(22(28)29)8-16(17(11)13)25(34)35)20-19-14(23(30)31)2-1-3-15(19)24(32)33/h1-8H. The SMILES string of the molecule is O=[N+]([O-])c1ccc2c(c1)C(=Nc1c([N+](=O)[O-])cccc1[N+](=O)[O-])c1cc([N+](=O)[O-])cc([N+](=O)[O-])c1-2. The van der Waals surface area contributed by atoms with Gasteiger partial charge in [-0.2, -0.15) is 0 Å². The number of nitro groups is 5. The van der Waals surface area contributed by atoms with E-state index in [0.29, 0.717) is 6.07 Å². The van der Waals surface area contributed by atoms with E-state index in [1.165, 1.54) is 6.07 Å². The van der Waals surface area contributed by atoms with E-state index in [4.69, 9.17) is 0 Å². The molecule has 0 heterocycles. The molecule has 0 amide bonds. The number of rotatable bonds is 6. The van der Waals surface area contributed by atoms with Crippen LogP contribution in [0.1, 0.15) is 11.1 Å². The van der Waals surface area contributed by atoms with E-state index in [2.05, 4.69) is 4.99 Å². The van der Waals surface area contributed by atoms with E-state index in [0.717, 1.165) is 36.4 Å². The quantitative estimate of drug-likeness (QED) is 0.279. The van der Waals surface area contributed by atoms with Crippen LogP contribution in [0.15, 0.2) is 53.5 Å². The van der Waals surface area contributed by atoms with Gasteiger partial charge in [0, 0.05) is 41.5 Å². The first-order valence-corrected chi connectivity index (χ1v) is 9.28. The van der Waals surface area contributed by atoms with Crippen molar-refractivity contribution in [3.05, 3.63) is 110 Å². The molecule has 1 aliphatic carbocycles. The van der Waals surface area contributed by atoms with Crippen LogP contribution in [-0.2, 0) is 0 Å². The number of hydrogen-bond acceptors (Lipinski definition) is 11. The Labute approximate surface area is 191 Å². The highest BCUT2D eigenvalue weighted by atomic mass is 16.6. The fourth-order valence-electron chi connectivity index (χ4n) is 3.70. The summed E-state index contributed by atoms with van der Waals surface area (Å²) in [4.78, 5) is 57.1. The Morgan fingerprint density at radius 3 is 1.60 bits per heavy atom. The van der Waals surface area contributed by atoms with Crippen LogP contribution < -0.4 is 0 Å². The van der Waals surface area contributed by atoms with Crippen molar-refractivity contribution in [2.45, 2.75) is 0 Å². The molecule has 0 aliphatic heterocycles. The van der Waals surface area contributed by atoms with Crippen molar-refractivity contribution in [2.24, 2.45) is 4.99 Å². The van der Waals surface area contributed by atoms with E-state index in [9.17, 15) is 50.6 Å². The number of hydrogen-bond donors (Lipinski definition) is 0. The number of para-hydroxylation sites is 1. The number of benzene rings is 3. The maximum absolute atomic E-state index is 11.7. The number of non-ortho nitro benzene ring substituents is 2. The first kappa shape index (κ1) is 22.5. The fourth-order valence-corrected chi connectivity index (χ4v) is 3.70.